The van der Waals surface area contributed by atoms with Crippen LogP contribution in [-0.4, -0.2) is 34.7 Å². The van der Waals surface area contributed by atoms with Crippen molar-refractivity contribution in [1.29, 1.82) is 0 Å². The number of aromatic nitrogens is 2. The van der Waals surface area contributed by atoms with Crippen LogP contribution in [0, 0.1) is 0 Å². The first kappa shape index (κ1) is 15.6. The topological polar surface area (TPSA) is 85.2 Å². The minimum absolute atomic E-state index is 0.286. The van der Waals surface area contributed by atoms with E-state index in [4.69, 9.17) is 0 Å². The van der Waals surface area contributed by atoms with Crippen LogP contribution < -0.4 is 10.6 Å². The lowest BCUT2D eigenvalue weighted by atomic mass is 10.1. The molecule has 2 rings (SSSR count). The number of amides is 2. The van der Waals surface area contributed by atoms with E-state index in [0.717, 1.165) is 11.3 Å². The number of imidazole rings is 1. The minimum Gasteiger partial charge on any atom is -0.453 e. The summed E-state index contributed by atoms with van der Waals surface area (Å²) in [6.07, 6.45) is 4.59. The zero-order chi connectivity index (χ0) is 15.9. The number of rotatable bonds is 5. The molecule has 7 heteroatoms. The van der Waals surface area contributed by atoms with Crippen molar-refractivity contribution in [3.05, 3.63) is 48.5 Å². The van der Waals surface area contributed by atoms with E-state index in [1.54, 1.807) is 19.4 Å². The van der Waals surface area contributed by atoms with Crippen molar-refractivity contribution >= 4 is 12.0 Å². The number of benzene rings is 1. The van der Waals surface area contributed by atoms with Crippen LogP contribution in [0.1, 0.15) is 12.5 Å². The summed E-state index contributed by atoms with van der Waals surface area (Å²) in [5, 5.41) is 5.21. The number of hydrogen-bond donors (Lipinski definition) is 2. The molecule has 1 aromatic heterocycles. The first-order chi connectivity index (χ1) is 10.6. The van der Waals surface area contributed by atoms with Crippen molar-refractivity contribution in [2.45, 2.75) is 19.5 Å². The molecule has 7 nitrogen and oxygen atoms in total. The lowest BCUT2D eigenvalue weighted by molar-refractivity contribution is -0.122. The van der Waals surface area contributed by atoms with E-state index >= 15 is 0 Å². The summed E-state index contributed by atoms with van der Waals surface area (Å²) in [5.74, 6) is -0.286. The summed E-state index contributed by atoms with van der Waals surface area (Å²) < 4.78 is 6.33. The highest BCUT2D eigenvalue weighted by atomic mass is 16.5. The summed E-state index contributed by atoms with van der Waals surface area (Å²) in [4.78, 5) is 27.1. The van der Waals surface area contributed by atoms with Gasteiger partial charge in [-0.15, -0.1) is 0 Å². The van der Waals surface area contributed by atoms with Crippen molar-refractivity contribution in [1.82, 2.24) is 20.2 Å². The van der Waals surface area contributed by atoms with Gasteiger partial charge in [-0.05, 0) is 18.6 Å². The molecule has 2 aromatic rings. The van der Waals surface area contributed by atoms with Crippen LogP contribution in [0.4, 0.5) is 4.79 Å². The third-order valence-corrected chi connectivity index (χ3v) is 3.14. The van der Waals surface area contributed by atoms with E-state index in [1.165, 1.54) is 7.11 Å². The second-order valence-electron chi connectivity index (χ2n) is 4.67. The number of carbonyl (C=O) groups is 2. The van der Waals surface area contributed by atoms with Gasteiger partial charge in [-0.25, -0.2) is 9.78 Å². The fraction of sp³-hybridized carbons (Fsp3) is 0.267. The van der Waals surface area contributed by atoms with E-state index in [1.807, 2.05) is 35.0 Å². The zero-order valence-corrected chi connectivity index (χ0v) is 12.4. The van der Waals surface area contributed by atoms with Crippen LogP contribution in [0.15, 0.2) is 43.0 Å². The van der Waals surface area contributed by atoms with E-state index in [9.17, 15) is 9.59 Å². The summed E-state index contributed by atoms with van der Waals surface area (Å²) in [6.45, 7) is 1.94. The third kappa shape index (κ3) is 3.85. The fourth-order valence-electron chi connectivity index (χ4n) is 1.95. The highest BCUT2D eigenvalue weighted by Crippen LogP contribution is 2.13. The quantitative estimate of drug-likeness (QED) is 0.870. The molecular weight excluding hydrogens is 284 g/mol. The van der Waals surface area contributed by atoms with Gasteiger partial charge in [0.15, 0.2) is 0 Å². The van der Waals surface area contributed by atoms with E-state index in [2.05, 4.69) is 20.4 Å². The van der Waals surface area contributed by atoms with Crippen LogP contribution in [0.3, 0.4) is 0 Å². The Morgan fingerprint density at radius 2 is 2.14 bits per heavy atom. The van der Waals surface area contributed by atoms with Crippen LogP contribution in [0.25, 0.3) is 5.69 Å². The van der Waals surface area contributed by atoms with Crippen LogP contribution in [-0.2, 0) is 16.1 Å². The number of nitrogens with one attached hydrogen (secondary N) is 2. The average molecular weight is 302 g/mol. The second kappa shape index (κ2) is 7.26. The van der Waals surface area contributed by atoms with Gasteiger partial charge in [-0.2, -0.15) is 0 Å². The van der Waals surface area contributed by atoms with Crippen molar-refractivity contribution < 1.29 is 14.3 Å². The molecule has 2 amide bonds. The Kier molecular flexibility index (Phi) is 5.13. The Morgan fingerprint density at radius 3 is 2.82 bits per heavy atom. The largest absolute Gasteiger partial charge is 0.453 e. The Bertz CT molecular complexity index is 640. The number of alkyl carbamates (subject to hydrolysis) is 1. The third-order valence-electron chi connectivity index (χ3n) is 3.14. The van der Waals surface area contributed by atoms with Crippen molar-refractivity contribution in [2.75, 3.05) is 7.11 Å². The number of hydrogen-bond acceptors (Lipinski definition) is 4. The smallest absolute Gasteiger partial charge is 0.407 e. The molecule has 1 aromatic carbocycles. The maximum Gasteiger partial charge on any atom is 0.407 e. The van der Waals surface area contributed by atoms with Gasteiger partial charge >= 0.3 is 6.09 Å². The fourth-order valence-corrected chi connectivity index (χ4v) is 1.95. The molecule has 0 saturated heterocycles. The zero-order valence-electron chi connectivity index (χ0n) is 12.4. The van der Waals surface area contributed by atoms with Crippen LogP contribution in [0.2, 0.25) is 0 Å². The first-order valence-electron chi connectivity index (χ1n) is 6.80. The molecule has 116 valence electrons. The lowest BCUT2D eigenvalue weighted by Crippen LogP contribution is -2.44. The van der Waals surface area contributed by atoms with Crippen molar-refractivity contribution in [3.63, 3.8) is 0 Å². The van der Waals surface area contributed by atoms with Gasteiger partial charge in [0.2, 0.25) is 5.91 Å². The summed E-state index contributed by atoms with van der Waals surface area (Å²) >= 11 is 0. The Morgan fingerprint density at radius 1 is 1.36 bits per heavy atom. The van der Waals surface area contributed by atoms with Gasteiger partial charge < -0.3 is 19.9 Å². The molecule has 22 heavy (non-hydrogen) atoms. The molecule has 1 heterocycles. The Labute approximate surface area is 128 Å². The van der Waals surface area contributed by atoms with Crippen molar-refractivity contribution in [2.24, 2.45) is 0 Å². The molecule has 0 saturated carbocycles. The highest BCUT2D eigenvalue weighted by molar-refractivity contribution is 5.85. The van der Waals surface area contributed by atoms with Crippen molar-refractivity contribution in [3.8, 4) is 5.69 Å². The van der Waals surface area contributed by atoms with Crippen LogP contribution >= 0.6 is 0 Å². The van der Waals surface area contributed by atoms with Gasteiger partial charge in [0.25, 0.3) is 0 Å². The molecule has 2 N–H and O–H groups in total. The molecule has 0 spiro atoms. The number of ether oxygens (including phenoxy) is 1. The number of para-hydroxylation sites is 1. The molecule has 0 radical (unpaired) electrons. The average Bonchev–Trinajstić information content (AvgIpc) is 3.06. The summed E-state index contributed by atoms with van der Waals surface area (Å²) in [7, 11) is 1.25. The SMILES string of the molecule is COC(=O)NC(C)C(=O)NCc1ccccc1-n1ccnc1. The summed E-state index contributed by atoms with van der Waals surface area (Å²) in [5.41, 5.74) is 1.88. The van der Waals surface area contributed by atoms with Gasteiger partial charge in [0.05, 0.1) is 19.1 Å². The highest BCUT2D eigenvalue weighted by Gasteiger charge is 2.15. The molecule has 1 atom stereocenters. The molecule has 0 fully saturated rings. The van der Waals surface area contributed by atoms with Gasteiger partial charge in [0.1, 0.15) is 6.04 Å². The second-order valence-corrected chi connectivity index (χ2v) is 4.67. The maximum absolute atomic E-state index is 12.0. The monoisotopic (exact) mass is 302 g/mol. The van der Waals surface area contributed by atoms with E-state index in [-0.39, 0.29) is 5.91 Å². The van der Waals surface area contributed by atoms with E-state index in [0.29, 0.717) is 6.54 Å². The van der Waals surface area contributed by atoms with Gasteiger partial charge in [0, 0.05) is 18.9 Å². The molecule has 1 unspecified atom stereocenters. The van der Waals surface area contributed by atoms with Gasteiger partial charge in [-0.1, -0.05) is 18.2 Å². The van der Waals surface area contributed by atoms with Gasteiger partial charge in [-0.3, -0.25) is 4.79 Å². The standard InChI is InChI=1S/C15H18N4O3/c1-11(18-15(21)22-2)14(20)17-9-12-5-3-4-6-13(12)19-8-7-16-10-19/h3-8,10-11H,9H2,1-2H3,(H,17,20)(H,18,21). The number of carbonyl (C=O) groups excluding carboxylic acids is 2. The Balaban J connectivity index is 2.00. The Hall–Kier alpha value is -2.83. The normalized spacial score (nSPS) is 11.5. The number of nitrogens with zero attached hydrogens (tertiary/aromatic N) is 2. The first-order valence-corrected chi connectivity index (χ1v) is 6.80. The molecule has 0 aliphatic heterocycles. The molecule has 0 aliphatic rings. The van der Waals surface area contributed by atoms with Crippen LogP contribution in [0.5, 0.6) is 0 Å². The lowest BCUT2D eigenvalue weighted by Gasteiger charge is -2.15. The minimum atomic E-state index is -0.673. The van der Waals surface area contributed by atoms with E-state index < -0.39 is 12.1 Å². The summed E-state index contributed by atoms with van der Waals surface area (Å²) in [6, 6.07) is 7.01. The predicted octanol–water partition coefficient (Wildman–Crippen LogP) is 1.23. The molecule has 0 aliphatic carbocycles. The molecular formula is C15H18N4O3. The molecule has 0 bridgehead atoms. The predicted molar refractivity (Wildman–Crippen MR) is 80.4 cm³/mol. The maximum atomic E-state index is 12.0. The number of methoxy groups -OCH3 is 1.